The Labute approximate surface area is 172 Å². The topological polar surface area (TPSA) is 91.4 Å². The molecule has 2 N–H and O–H groups in total. The summed E-state index contributed by atoms with van der Waals surface area (Å²) in [6.07, 6.45) is 6.07. The maximum absolute atomic E-state index is 12.9. The summed E-state index contributed by atoms with van der Waals surface area (Å²) >= 11 is 0. The maximum Gasteiger partial charge on any atom is 0.199 e. The SMILES string of the molecule is C[C@H](c1ccc2c(c1CC(=O)C[S@](=N)(=O)c1cc(C(C)(C)O)co1)CC2)C1CC1. The predicted molar refractivity (Wildman–Crippen MR) is 112 cm³/mol. The van der Waals surface area contributed by atoms with Gasteiger partial charge in [-0.1, -0.05) is 19.1 Å². The van der Waals surface area contributed by atoms with E-state index in [-0.39, 0.29) is 23.0 Å². The number of fused-ring (bicyclic) bond motifs is 1. The second kappa shape index (κ2) is 7.10. The van der Waals surface area contributed by atoms with Crippen LogP contribution in [0.3, 0.4) is 0 Å². The number of rotatable bonds is 8. The molecular weight excluding hydrogens is 386 g/mol. The number of carbonyl (C=O) groups is 1. The lowest BCUT2D eigenvalue weighted by Gasteiger charge is -2.27. The summed E-state index contributed by atoms with van der Waals surface area (Å²) in [6, 6.07) is 5.79. The second-order valence-electron chi connectivity index (χ2n) is 9.15. The van der Waals surface area contributed by atoms with Crippen LogP contribution in [0, 0.1) is 10.7 Å². The van der Waals surface area contributed by atoms with Crippen LogP contribution < -0.4 is 0 Å². The van der Waals surface area contributed by atoms with Crippen molar-refractivity contribution >= 4 is 15.5 Å². The van der Waals surface area contributed by atoms with Crippen LogP contribution in [0.1, 0.15) is 67.3 Å². The molecule has 1 aromatic heterocycles. The van der Waals surface area contributed by atoms with Crippen molar-refractivity contribution in [2.45, 2.75) is 69.5 Å². The standard InChI is InChI=1S/C23H29NO4S/c1-14(15-4-5-15)19-8-6-16-7-9-20(16)21(19)11-18(25)13-29(24,27)22-10-17(12-28-22)23(2,3)26/h6,8,10,12,14-15,24,26H,4-5,7,9,11,13H2,1-3H3/t14-,29-/m0/s1. The first-order valence-corrected chi connectivity index (χ1v) is 12.0. The first-order valence-electron chi connectivity index (χ1n) is 10.3. The average molecular weight is 416 g/mol. The number of nitrogens with one attached hydrogen (secondary N) is 1. The molecule has 2 aliphatic rings. The van der Waals surface area contributed by atoms with Crippen LogP contribution in [0.25, 0.3) is 0 Å². The molecule has 0 unspecified atom stereocenters. The lowest BCUT2D eigenvalue weighted by Crippen LogP contribution is -2.22. The highest BCUT2D eigenvalue weighted by atomic mass is 32.2. The van der Waals surface area contributed by atoms with Crippen molar-refractivity contribution in [3.8, 4) is 0 Å². The molecule has 4 rings (SSSR count). The summed E-state index contributed by atoms with van der Waals surface area (Å²) in [5.74, 6) is 0.567. The van der Waals surface area contributed by atoms with Gasteiger partial charge < -0.3 is 9.52 Å². The quantitative estimate of drug-likeness (QED) is 0.671. The molecule has 1 aromatic carbocycles. The van der Waals surface area contributed by atoms with E-state index in [9.17, 15) is 14.1 Å². The Kier molecular flexibility index (Phi) is 4.98. The molecule has 1 saturated carbocycles. The van der Waals surface area contributed by atoms with Gasteiger partial charge in [0, 0.05) is 18.1 Å². The summed E-state index contributed by atoms with van der Waals surface area (Å²) in [5, 5.41) is 10.0. The van der Waals surface area contributed by atoms with Crippen molar-refractivity contribution in [1.82, 2.24) is 0 Å². The smallest absolute Gasteiger partial charge is 0.199 e. The monoisotopic (exact) mass is 415 g/mol. The maximum atomic E-state index is 12.9. The molecule has 1 fully saturated rings. The molecule has 5 nitrogen and oxygen atoms in total. The van der Waals surface area contributed by atoms with Gasteiger partial charge in [-0.05, 0) is 73.6 Å². The molecule has 2 aliphatic carbocycles. The number of aliphatic hydroxyl groups is 1. The van der Waals surface area contributed by atoms with E-state index in [1.54, 1.807) is 13.8 Å². The molecule has 29 heavy (non-hydrogen) atoms. The van der Waals surface area contributed by atoms with Crippen LogP contribution in [0.5, 0.6) is 0 Å². The Morgan fingerprint density at radius 3 is 2.62 bits per heavy atom. The second-order valence-corrected chi connectivity index (χ2v) is 11.2. The summed E-state index contributed by atoms with van der Waals surface area (Å²) in [5.41, 5.74) is 4.24. The van der Waals surface area contributed by atoms with E-state index in [4.69, 9.17) is 9.20 Å². The van der Waals surface area contributed by atoms with Gasteiger partial charge in [-0.15, -0.1) is 0 Å². The molecule has 0 bridgehead atoms. The first-order chi connectivity index (χ1) is 13.6. The van der Waals surface area contributed by atoms with E-state index < -0.39 is 15.3 Å². The van der Waals surface area contributed by atoms with Gasteiger partial charge in [-0.25, -0.2) is 8.99 Å². The molecule has 0 spiro atoms. The lowest BCUT2D eigenvalue weighted by atomic mass is 9.78. The van der Waals surface area contributed by atoms with Crippen LogP contribution in [0.15, 0.2) is 34.0 Å². The van der Waals surface area contributed by atoms with Crippen molar-refractivity contribution in [2.24, 2.45) is 5.92 Å². The summed E-state index contributed by atoms with van der Waals surface area (Å²) in [6.45, 7) is 5.42. The third kappa shape index (κ3) is 4.05. The number of carbonyl (C=O) groups excluding carboxylic acids is 1. The fraction of sp³-hybridized carbons (Fsp3) is 0.522. The minimum atomic E-state index is -3.39. The Morgan fingerprint density at radius 1 is 1.34 bits per heavy atom. The Morgan fingerprint density at radius 2 is 2.07 bits per heavy atom. The largest absolute Gasteiger partial charge is 0.454 e. The van der Waals surface area contributed by atoms with Gasteiger partial charge in [-0.3, -0.25) is 4.79 Å². The van der Waals surface area contributed by atoms with Crippen molar-refractivity contribution in [1.29, 1.82) is 4.78 Å². The average Bonchev–Trinajstić information content (AvgIpc) is 3.29. The van der Waals surface area contributed by atoms with Crippen LogP contribution >= 0.6 is 0 Å². The van der Waals surface area contributed by atoms with Gasteiger partial charge in [0.15, 0.2) is 10.9 Å². The molecule has 0 aliphatic heterocycles. The summed E-state index contributed by atoms with van der Waals surface area (Å²) in [4.78, 5) is 12.9. The fourth-order valence-electron chi connectivity index (χ4n) is 4.23. The van der Waals surface area contributed by atoms with Crippen LogP contribution in [-0.2, 0) is 39.4 Å². The number of benzene rings is 1. The number of aryl methyl sites for hydroxylation is 1. The highest BCUT2D eigenvalue weighted by Gasteiger charge is 2.33. The van der Waals surface area contributed by atoms with Gasteiger partial charge in [0.1, 0.15) is 9.73 Å². The van der Waals surface area contributed by atoms with E-state index in [0.29, 0.717) is 17.4 Å². The molecule has 2 atom stereocenters. The fourth-order valence-corrected chi connectivity index (χ4v) is 5.45. The number of hydrogen-bond donors (Lipinski definition) is 2. The summed E-state index contributed by atoms with van der Waals surface area (Å²) < 4.78 is 26.4. The third-order valence-corrected chi connectivity index (χ3v) is 7.97. The Hall–Kier alpha value is -1.92. The molecule has 0 saturated heterocycles. The van der Waals surface area contributed by atoms with Gasteiger partial charge in [0.2, 0.25) is 0 Å². The van der Waals surface area contributed by atoms with Gasteiger partial charge in [-0.2, -0.15) is 0 Å². The molecule has 0 radical (unpaired) electrons. The van der Waals surface area contributed by atoms with Crippen molar-refractivity contribution in [3.63, 3.8) is 0 Å². The zero-order chi connectivity index (χ0) is 21.0. The number of Topliss-reactive ketones (excluding diaryl/α,β-unsaturated/α-hetero) is 1. The highest BCUT2D eigenvalue weighted by molar-refractivity contribution is 7.93. The van der Waals surface area contributed by atoms with E-state index in [0.717, 1.165) is 18.4 Å². The number of ketones is 1. The van der Waals surface area contributed by atoms with E-state index in [2.05, 4.69) is 19.1 Å². The molecule has 2 aromatic rings. The highest BCUT2D eigenvalue weighted by Crippen LogP contribution is 2.45. The van der Waals surface area contributed by atoms with E-state index in [1.165, 1.54) is 41.9 Å². The van der Waals surface area contributed by atoms with Gasteiger partial charge in [0.25, 0.3) is 0 Å². The van der Waals surface area contributed by atoms with Crippen LogP contribution in [0.4, 0.5) is 0 Å². The van der Waals surface area contributed by atoms with E-state index in [1.807, 2.05) is 0 Å². The minimum Gasteiger partial charge on any atom is -0.454 e. The zero-order valence-corrected chi connectivity index (χ0v) is 18.1. The Balaban J connectivity index is 1.54. The van der Waals surface area contributed by atoms with Crippen LogP contribution in [0.2, 0.25) is 0 Å². The van der Waals surface area contributed by atoms with E-state index >= 15 is 0 Å². The van der Waals surface area contributed by atoms with Crippen molar-refractivity contribution < 1.29 is 18.5 Å². The van der Waals surface area contributed by atoms with Crippen LogP contribution in [-0.4, -0.2) is 20.9 Å². The number of hydrogen-bond acceptors (Lipinski definition) is 5. The van der Waals surface area contributed by atoms with Crippen molar-refractivity contribution in [3.05, 3.63) is 52.3 Å². The van der Waals surface area contributed by atoms with Gasteiger partial charge >= 0.3 is 0 Å². The first kappa shape index (κ1) is 20.4. The minimum absolute atomic E-state index is 0.0457. The lowest BCUT2D eigenvalue weighted by molar-refractivity contribution is -0.116. The predicted octanol–water partition coefficient (Wildman–Crippen LogP) is 4.34. The Bertz CT molecular complexity index is 1060. The summed E-state index contributed by atoms with van der Waals surface area (Å²) in [7, 11) is -3.39. The molecule has 6 heteroatoms. The molecule has 0 amide bonds. The van der Waals surface area contributed by atoms with Gasteiger partial charge in [0.05, 0.1) is 17.6 Å². The molecule has 1 heterocycles. The third-order valence-electron chi connectivity index (χ3n) is 6.37. The van der Waals surface area contributed by atoms with Crippen molar-refractivity contribution in [2.75, 3.05) is 5.75 Å². The normalized spacial score (nSPS) is 19.2. The molecule has 156 valence electrons. The zero-order valence-electron chi connectivity index (χ0n) is 17.3. The number of furan rings is 1. The molecular formula is C23H29NO4S.